The number of hydrogen-bond donors (Lipinski definition) is 1. The second kappa shape index (κ2) is 5.45. The molecular weight excluding hydrogens is 338 g/mol. The number of amides is 1. The second-order valence-corrected chi connectivity index (χ2v) is 8.02. The van der Waals surface area contributed by atoms with Crippen LogP contribution in [0.2, 0.25) is 0 Å². The summed E-state index contributed by atoms with van der Waals surface area (Å²) in [5.41, 5.74) is 2.61. The Bertz CT molecular complexity index is 938. The van der Waals surface area contributed by atoms with Crippen molar-refractivity contribution in [3.05, 3.63) is 30.1 Å². The molecular formula is C17H19N5O2S. The zero-order chi connectivity index (χ0) is 17.8. The van der Waals surface area contributed by atoms with Gasteiger partial charge in [-0.3, -0.25) is 4.79 Å². The summed E-state index contributed by atoms with van der Waals surface area (Å²) in [6.07, 6.45) is 1.96. The van der Waals surface area contributed by atoms with Crippen LogP contribution >= 0.6 is 11.3 Å². The Kier molecular flexibility index (Phi) is 3.47. The molecule has 1 aromatic carbocycles. The second-order valence-electron chi connectivity index (χ2n) is 7.06. The number of ether oxygens (including phenoxy) is 1. The molecule has 0 saturated carbocycles. The number of hydrogen-bond acceptors (Lipinski definition) is 6. The van der Waals surface area contributed by atoms with Crippen molar-refractivity contribution in [2.45, 2.75) is 26.2 Å². The summed E-state index contributed by atoms with van der Waals surface area (Å²) in [5.74, 6) is 0.642. The normalized spacial score (nSPS) is 14.6. The third kappa shape index (κ3) is 2.82. The first-order chi connectivity index (χ1) is 11.8. The lowest BCUT2D eigenvalue weighted by Crippen LogP contribution is -2.35. The molecule has 2 aromatic heterocycles. The molecule has 1 N–H and O–H groups in total. The number of aromatic nitrogens is 3. The third-order valence-electron chi connectivity index (χ3n) is 4.11. The maximum atomic E-state index is 11.8. The number of nitrogens with one attached hydrogen (secondary N) is 1. The van der Waals surface area contributed by atoms with Gasteiger partial charge in [-0.25, -0.2) is 9.50 Å². The first-order valence-electron chi connectivity index (χ1n) is 7.98. The zero-order valence-electron chi connectivity index (χ0n) is 14.5. The number of anilines is 3. The van der Waals surface area contributed by atoms with E-state index in [4.69, 9.17) is 4.74 Å². The van der Waals surface area contributed by atoms with Gasteiger partial charge in [0.1, 0.15) is 5.75 Å². The lowest BCUT2D eigenvalue weighted by Gasteiger charge is -2.26. The number of benzene rings is 1. The van der Waals surface area contributed by atoms with E-state index in [-0.39, 0.29) is 17.9 Å². The summed E-state index contributed by atoms with van der Waals surface area (Å²) >= 11 is 1.49. The molecule has 0 unspecified atom stereocenters. The van der Waals surface area contributed by atoms with Gasteiger partial charge in [0.2, 0.25) is 10.1 Å². The van der Waals surface area contributed by atoms with Gasteiger partial charge in [0.05, 0.1) is 17.6 Å². The highest BCUT2D eigenvalue weighted by atomic mass is 32.1. The summed E-state index contributed by atoms with van der Waals surface area (Å²) in [4.78, 5) is 18.9. The highest BCUT2D eigenvalue weighted by Crippen LogP contribution is 2.35. The molecule has 0 saturated heterocycles. The molecule has 0 bridgehead atoms. The minimum absolute atomic E-state index is 0.00335. The van der Waals surface area contributed by atoms with Gasteiger partial charge in [-0.2, -0.15) is 0 Å². The molecule has 0 spiro atoms. The number of fused-ring (bicyclic) bond motifs is 2. The van der Waals surface area contributed by atoms with Gasteiger partial charge in [-0.15, -0.1) is 5.10 Å². The molecule has 25 heavy (non-hydrogen) atoms. The van der Waals surface area contributed by atoms with E-state index < -0.39 is 0 Å². The summed E-state index contributed by atoms with van der Waals surface area (Å²) in [7, 11) is 1.75. The standard InChI is InChI=1S/C17H19N5O2S/c1-17(2,3)13-8-22-16(19-13)25-15(20-22)18-10-5-6-12-11(7-10)21(4)14(23)9-24-12/h5-8H,9H2,1-4H3,(H,18,20). The fourth-order valence-corrected chi connectivity index (χ4v) is 3.39. The van der Waals surface area contributed by atoms with E-state index >= 15 is 0 Å². The predicted molar refractivity (Wildman–Crippen MR) is 98.2 cm³/mol. The molecule has 7 nitrogen and oxygen atoms in total. The van der Waals surface area contributed by atoms with Crippen molar-refractivity contribution in [3.8, 4) is 5.75 Å². The maximum absolute atomic E-state index is 11.8. The molecule has 1 aliphatic rings. The van der Waals surface area contributed by atoms with Gasteiger partial charge in [-0.05, 0) is 18.2 Å². The van der Waals surface area contributed by atoms with Crippen molar-refractivity contribution in [3.63, 3.8) is 0 Å². The minimum Gasteiger partial charge on any atom is -0.482 e. The third-order valence-corrected chi connectivity index (χ3v) is 4.95. The largest absolute Gasteiger partial charge is 0.482 e. The van der Waals surface area contributed by atoms with Gasteiger partial charge in [-0.1, -0.05) is 32.1 Å². The Hall–Kier alpha value is -2.61. The van der Waals surface area contributed by atoms with E-state index in [1.165, 1.54) is 11.3 Å². The maximum Gasteiger partial charge on any atom is 0.264 e. The van der Waals surface area contributed by atoms with E-state index in [1.807, 2.05) is 24.4 Å². The Morgan fingerprint density at radius 2 is 2.12 bits per heavy atom. The van der Waals surface area contributed by atoms with Crippen LogP contribution in [0, 0.1) is 0 Å². The number of imidazole rings is 1. The summed E-state index contributed by atoms with van der Waals surface area (Å²) in [6.45, 7) is 6.47. The fourth-order valence-electron chi connectivity index (χ4n) is 2.59. The molecule has 1 aliphatic heterocycles. The molecule has 0 atom stereocenters. The van der Waals surface area contributed by atoms with Crippen LogP contribution < -0.4 is 15.0 Å². The molecule has 3 heterocycles. The highest BCUT2D eigenvalue weighted by molar-refractivity contribution is 7.20. The highest BCUT2D eigenvalue weighted by Gasteiger charge is 2.23. The number of nitrogens with zero attached hydrogens (tertiary/aromatic N) is 4. The van der Waals surface area contributed by atoms with E-state index in [2.05, 4.69) is 36.2 Å². The summed E-state index contributed by atoms with van der Waals surface area (Å²) in [6, 6.07) is 5.65. The first kappa shape index (κ1) is 15.9. The Labute approximate surface area is 149 Å². The quantitative estimate of drug-likeness (QED) is 0.763. The van der Waals surface area contributed by atoms with E-state index in [0.717, 1.165) is 27.2 Å². The SMILES string of the molecule is CN1C(=O)COc2ccc(Nc3nn4cc(C(C)(C)C)nc4s3)cc21. The molecule has 130 valence electrons. The van der Waals surface area contributed by atoms with Gasteiger partial charge in [0.25, 0.3) is 5.91 Å². The van der Waals surface area contributed by atoms with E-state index in [9.17, 15) is 4.79 Å². The van der Waals surface area contributed by atoms with Crippen LogP contribution in [-0.4, -0.2) is 34.2 Å². The molecule has 3 aromatic rings. The Morgan fingerprint density at radius 3 is 2.84 bits per heavy atom. The van der Waals surface area contributed by atoms with Crippen LogP contribution in [-0.2, 0) is 10.2 Å². The van der Waals surface area contributed by atoms with Gasteiger partial charge in [0, 0.05) is 18.2 Å². The zero-order valence-corrected chi connectivity index (χ0v) is 15.3. The molecule has 0 radical (unpaired) electrons. The summed E-state index contributed by atoms with van der Waals surface area (Å²) in [5, 5.41) is 8.56. The monoisotopic (exact) mass is 357 g/mol. The van der Waals surface area contributed by atoms with Crippen molar-refractivity contribution < 1.29 is 9.53 Å². The first-order valence-corrected chi connectivity index (χ1v) is 8.80. The number of rotatable bonds is 2. The van der Waals surface area contributed by atoms with E-state index in [0.29, 0.717) is 5.75 Å². The van der Waals surface area contributed by atoms with Crippen LogP contribution in [0.5, 0.6) is 5.75 Å². The van der Waals surface area contributed by atoms with Crippen LogP contribution in [0.25, 0.3) is 4.96 Å². The topological polar surface area (TPSA) is 71.8 Å². The molecule has 8 heteroatoms. The Balaban J connectivity index is 1.61. The number of carbonyl (C=O) groups excluding carboxylic acids is 1. The van der Waals surface area contributed by atoms with Crippen molar-refractivity contribution >= 4 is 38.7 Å². The van der Waals surface area contributed by atoms with Crippen LogP contribution in [0.1, 0.15) is 26.5 Å². The van der Waals surface area contributed by atoms with Crippen molar-refractivity contribution in [2.24, 2.45) is 0 Å². The molecule has 4 rings (SSSR count). The summed E-state index contributed by atoms with van der Waals surface area (Å²) < 4.78 is 7.24. The Morgan fingerprint density at radius 1 is 1.32 bits per heavy atom. The molecule has 0 fully saturated rings. The molecule has 0 aliphatic carbocycles. The predicted octanol–water partition coefficient (Wildman–Crippen LogP) is 3.19. The number of likely N-dealkylation sites (N-methyl/N-ethyl adjacent to an activating group) is 1. The van der Waals surface area contributed by atoms with E-state index in [1.54, 1.807) is 16.5 Å². The van der Waals surface area contributed by atoms with Gasteiger partial charge in [0.15, 0.2) is 6.61 Å². The lowest BCUT2D eigenvalue weighted by molar-refractivity contribution is -0.120. The smallest absolute Gasteiger partial charge is 0.264 e. The average molecular weight is 357 g/mol. The lowest BCUT2D eigenvalue weighted by atomic mass is 9.93. The average Bonchev–Trinajstić information content (AvgIpc) is 3.09. The van der Waals surface area contributed by atoms with Gasteiger partial charge < -0.3 is 15.0 Å². The van der Waals surface area contributed by atoms with Crippen LogP contribution in [0.4, 0.5) is 16.5 Å². The van der Waals surface area contributed by atoms with Crippen molar-refractivity contribution in [2.75, 3.05) is 23.9 Å². The van der Waals surface area contributed by atoms with Crippen LogP contribution in [0.15, 0.2) is 24.4 Å². The van der Waals surface area contributed by atoms with Crippen LogP contribution in [0.3, 0.4) is 0 Å². The minimum atomic E-state index is -0.0629. The van der Waals surface area contributed by atoms with Crippen molar-refractivity contribution in [1.29, 1.82) is 0 Å². The van der Waals surface area contributed by atoms with Gasteiger partial charge >= 0.3 is 0 Å². The molecule has 1 amide bonds. The number of carbonyl (C=O) groups is 1. The van der Waals surface area contributed by atoms with Crippen molar-refractivity contribution in [1.82, 2.24) is 14.6 Å². The fraction of sp³-hybridized carbons (Fsp3) is 0.353.